The van der Waals surface area contributed by atoms with Crippen LogP contribution in [0.1, 0.15) is 44.3 Å². The third-order valence-electron chi connectivity index (χ3n) is 4.40. The molecule has 0 saturated carbocycles. The predicted molar refractivity (Wildman–Crippen MR) is 82.6 cm³/mol. The van der Waals surface area contributed by atoms with Gasteiger partial charge in [-0.25, -0.2) is 4.98 Å². The molecule has 0 spiro atoms. The number of aromatic nitrogens is 1. The molecule has 0 amide bonds. The summed E-state index contributed by atoms with van der Waals surface area (Å²) in [6, 6.07) is 1.29. The molecule has 0 aliphatic carbocycles. The first-order valence-corrected chi connectivity index (χ1v) is 8.40. The van der Waals surface area contributed by atoms with Gasteiger partial charge in [-0.1, -0.05) is 27.2 Å². The number of hydrogen-bond acceptors (Lipinski definition) is 4. The number of nitrogens with zero attached hydrogens (tertiary/aromatic N) is 2. The summed E-state index contributed by atoms with van der Waals surface area (Å²) in [5, 5.41) is 7.12. The minimum Gasteiger partial charge on any atom is -0.311 e. The summed E-state index contributed by atoms with van der Waals surface area (Å²) in [4.78, 5) is 7.25. The summed E-state index contributed by atoms with van der Waals surface area (Å²) in [5.74, 6) is 0.748. The van der Waals surface area contributed by atoms with Crippen molar-refractivity contribution in [2.45, 2.75) is 59.2 Å². The van der Waals surface area contributed by atoms with Crippen LogP contribution in [0, 0.1) is 12.8 Å². The molecule has 2 rings (SSSR count). The van der Waals surface area contributed by atoms with Crippen LogP contribution in [0.15, 0.2) is 5.38 Å². The number of nitrogens with one attached hydrogen (secondary N) is 1. The number of rotatable bonds is 5. The van der Waals surface area contributed by atoms with Gasteiger partial charge < -0.3 is 5.32 Å². The molecular formula is C15H27N3S. The van der Waals surface area contributed by atoms with Crippen molar-refractivity contribution >= 4 is 11.3 Å². The van der Waals surface area contributed by atoms with Gasteiger partial charge in [-0.05, 0) is 19.3 Å². The molecule has 19 heavy (non-hydrogen) atoms. The normalized spacial score (nSPS) is 26.5. The van der Waals surface area contributed by atoms with Gasteiger partial charge in [0.1, 0.15) is 0 Å². The fourth-order valence-electron chi connectivity index (χ4n) is 2.83. The Morgan fingerprint density at radius 2 is 2.32 bits per heavy atom. The molecule has 2 heterocycles. The van der Waals surface area contributed by atoms with Crippen molar-refractivity contribution < 1.29 is 0 Å². The van der Waals surface area contributed by atoms with Gasteiger partial charge in [-0.2, -0.15) is 0 Å². The van der Waals surface area contributed by atoms with E-state index in [1.54, 1.807) is 11.3 Å². The van der Waals surface area contributed by atoms with Gasteiger partial charge >= 0.3 is 0 Å². The molecule has 3 nitrogen and oxygen atoms in total. The van der Waals surface area contributed by atoms with E-state index in [-0.39, 0.29) is 0 Å². The van der Waals surface area contributed by atoms with Gasteiger partial charge in [0, 0.05) is 37.1 Å². The van der Waals surface area contributed by atoms with E-state index in [9.17, 15) is 0 Å². The van der Waals surface area contributed by atoms with Crippen molar-refractivity contribution in [3.63, 3.8) is 0 Å². The van der Waals surface area contributed by atoms with Crippen molar-refractivity contribution in [2.24, 2.45) is 5.92 Å². The Balaban J connectivity index is 2.01. The average molecular weight is 281 g/mol. The monoisotopic (exact) mass is 281 g/mol. The van der Waals surface area contributed by atoms with Crippen LogP contribution >= 0.6 is 11.3 Å². The average Bonchev–Trinajstić information content (AvgIpc) is 2.83. The van der Waals surface area contributed by atoms with Crippen molar-refractivity contribution in [1.82, 2.24) is 15.2 Å². The molecule has 1 aliphatic heterocycles. The first-order valence-electron chi connectivity index (χ1n) is 7.52. The minimum absolute atomic E-state index is 0.632. The molecular weight excluding hydrogens is 254 g/mol. The van der Waals surface area contributed by atoms with Crippen LogP contribution in [0.4, 0.5) is 0 Å². The van der Waals surface area contributed by atoms with E-state index in [4.69, 9.17) is 0 Å². The predicted octanol–water partition coefficient (Wildman–Crippen LogP) is 3.05. The van der Waals surface area contributed by atoms with E-state index in [2.05, 4.69) is 48.3 Å². The van der Waals surface area contributed by atoms with Crippen LogP contribution in [0.3, 0.4) is 0 Å². The van der Waals surface area contributed by atoms with Gasteiger partial charge in [0.2, 0.25) is 0 Å². The summed E-state index contributed by atoms with van der Waals surface area (Å²) in [5.41, 5.74) is 1.24. The molecule has 1 aromatic heterocycles. The first kappa shape index (κ1) is 14.9. The summed E-state index contributed by atoms with van der Waals surface area (Å²) in [6.07, 6.45) is 2.46. The minimum atomic E-state index is 0.632. The van der Waals surface area contributed by atoms with E-state index >= 15 is 0 Å². The summed E-state index contributed by atoms with van der Waals surface area (Å²) < 4.78 is 0. The fourth-order valence-corrected chi connectivity index (χ4v) is 3.44. The van der Waals surface area contributed by atoms with Crippen molar-refractivity contribution in [3.05, 3.63) is 16.1 Å². The van der Waals surface area contributed by atoms with Gasteiger partial charge in [0.25, 0.3) is 0 Å². The fraction of sp³-hybridized carbons (Fsp3) is 0.800. The van der Waals surface area contributed by atoms with Crippen LogP contribution in [-0.4, -0.2) is 35.1 Å². The molecule has 1 fully saturated rings. The molecule has 4 heteroatoms. The molecule has 1 aromatic rings. The van der Waals surface area contributed by atoms with E-state index in [0.29, 0.717) is 12.1 Å². The highest BCUT2D eigenvalue weighted by Gasteiger charge is 2.29. The second kappa shape index (κ2) is 6.82. The third-order valence-corrected chi connectivity index (χ3v) is 5.22. The second-order valence-corrected chi connectivity index (χ2v) is 6.81. The molecule has 0 bridgehead atoms. The standard InChI is InChI=1S/C15H27N3S/c1-5-11(3)15-9-18(14(6-2)7-16-15)8-13-10-19-12(4)17-13/h10-11,14-16H,5-9H2,1-4H3. The zero-order chi connectivity index (χ0) is 13.8. The second-order valence-electron chi connectivity index (χ2n) is 5.75. The highest BCUT2D eigenvalue weighted by molar-refractivity contribution is 7.09. The largest absolute Gasteiger partial charge is 0.311 e. The summed E-state index contributed by atoms with van der Waals surface area (Å²) in [6.45, 7) is 12.3. The van der Waals surface area contributed by atoms with E-state index < -0.39 is 0 Å². The number of aryl methyl sites for hydroxylation is 1. The molecule has 1 N–H and O–H groups in total. The van der Waals surface area contributed by atoms with Crippen LogP contribution < -0.4 is 5.32 Å². The molecule has 3 unspecified atom stereocenters. The SMILES string of the molecule is CCC(C)C1CN(Cc2csc(C)n2)C(CC)CN1. The molecule has 1 aliphatic rings. The van der Waals surface area contributed by atoms with Gasteiger partial charge in [0.05, 0.1) is 10.7 Å². The Kier molecular flexibility index (Phi) is 5.37. The van der Waals surface area contributed by atoms with E-state index in [1.807, 2.05) is 0 Å². The lowest BCUT2D eigenvalue weighted by Gasteiger charge is -2.41. The van der Waals surface area contributed by atoms with Crippen LogP contribution in [0.25, 0.3) is 0 Å². The highest BCUT2D eigenvalue weighted by Crippen LogP contribution is 2.20. The molecule has 1 saturated heterocycles. The Bertz CT molecular complexity index is 390. The van der Waals surface area contributed by atoms with Gasteiger partial charge in [0.15, 0.2) is 0 Å². The zero-order valence-electron chi connectivity index (χ0n) is 12.6. The lowest BCUT2D eigenvalue weighted by Crippen LogP contribution is -2.57. The highest BCUT2D eigenvalue weighted by atomic mass is 32.1. The lowest BCUT2D eigenvalue weighted by atomic mass is 9.95. The Labute approximate surface area is 121 Å². The van der Waals surface area contributed by atoms with Crippen LogP contribution in [0.2, 0.25) is 0 Å². The van der Waals surface area contributed by atoms with Gasteiger partial charge in [-0.3, -0.25) is 4.90 Å². The Morgan fingerprint density at radius 3 is 2.89 bits per heavy atom. The first-order chi connectivity index (χ1) is 9.13. The summed E-state index contributed by atoms with van der Waals surface area (Å²) >= 11 is 1.76. The molecule has 0 radical (unpaired) electrons. The van der Waals surface area contributed by atoms with Crippen LogP contribution in [0.5, 0.6) is 0 Å². The maximum Gasteiger partial charge on any atom is 0.0897 e. The molecule has 0 aromatic carbocycles. The smallest absolute Gasteiger partial charge is 0.0897 e. The van der Waals surface area contributed by atoms with Gasteiger partial charge in [-0.15, -0.1) is 11.3 Å². The van der Waals surface area contributed by atoms with E-state index in [0.717, 1.165) is 25.6 Å². The third kappa shape index (κ3) is 3.77. The zero-order valence-corrected chi connectivity index (χ0v) is 13.5. The quantitative estimate of drug-likeness (QED) is 0.899. The maximum atomic E-state index is 4.62. The van der Waals surface area contributed by atoms with Crippen LogP contribution in [-0.2, 0) is 6.54 Å². The Hall–Kier alpha value is -0.450. The number of piperazine rings is 1. The Morgan fingerprint density at radius 1 is 1.53 bits per heavy atom. The number of thiazole rings is 1. The van der Waals surface area contributed by atoms with Crippen molar-refractivity contribution in [1.29, 1.82) is 0 Å². The molecule has 108 valence electrons. The van der Waals surface area contributed by atoms with Crippen molar-refractivity contribution in [2.75, 3.05) is 13.1 Å². The van der Waals surface area contributed by atoms with E-state index in [1.165, 1.54) is 23.5 Å². The van der Waals surface area contributed by atoms with Crippen molar-refractivity contribution in [3.8, 4) is 0 Å². The number of hydrogen-bond donors (Lipinski definition) is 1. The topological polar surface area (TPSA) is 28.2 Å². The molecule has 3 atom stereocenters. The maximum absolute atomic E-state index is 4.62. The lowest BCUT2D eigenvalue weighted by molar-refractivity contribution is 0.0982. The summed E-state index contributed by atoms with van der Waals surface area (Å²) in [7, 11) is 0.